The lowest BCUT2D eigenvalue weighted by molar-refractivity contribution is 0.102. The van der Waals surface area contributed by atoms with Gasteiger partial charge < -0.3 is 0 Å². The molecule has 0 bridgehead atoms. The van der Waals surface area contributed by atoms with Gasteiger partial charge in [0.05, 0.1) is 14.4 Å². The number of hydrogen-bond donors (Lipinski definition) is 0. The molecular weight excluding hydrogens is 328 g/mol. The largest absolute Gasteiger partial charge is 0.292 e. The molecule has 94 valence electrons. The van der Waals surface area contributed by atoms with Gasteiger partial charge in [0, 0.05) is 5.75 Å². The van der Waals surface area contributed by atoms with Gasteiger partial charge in [-0.3, -0.25) is 4.79 Å². The first-order chi connectivity index (χ1) is 8.66. The van der Waals surface area contributed by atoms with E-state index in [4.69, 9.17) is 0 Å². The number of Topliss-reactive ketones (excluding diaryl/α,β-unsaturated/α-hetero) is 1. The number of rotatable bonds is 5. The second-order valence-corrected chi connectivity index (χ2v) is 7.39. The van der Waals surface area contributed by atoms with Crippen molar-refractivity contribution in [2.24, 2.45) is 0 Å². The summed E-state index contributed by atoms with van der Waals surface area (Å²) in [6.07, 6.45) is 0. The predicted molar refractivity (Wildman–Crippen MR) is 83.7 cm³/mol. The number of benzene rings is 1. The van der Waals surface area contributed by atoms with Crippen molar-refractivity contribution in [2.75, 3.05) is 5.75 Å². The first kappa shape index (κ1) is 13.8. The van der Waals surface area contributed by atoms with Crippen molar-refractivity contribution in [3.8, 4) is 0 Å². The molecule has 0 atom stereocenters. The van der Waals surface area contributed by atoms with E-state index in [1.54, 1.807) is 11.8 Å². The van der Waals surface area contributed by atoms with Crippen LogP contribution in [-0.2, 0) is 5.75 Å². The van der Waals surface area contributed by atoms with Crippen LogP contribution in [0.15, 0.2) is 40.2 Å². The third-order valence-corrected chi connectivity index (χ3v) is 5.25. The first-order valence-electron chi connectivity index (χ1n) is 5.57. The van der Waals surface area contributed by atoms with Crippen molar-refractivity contribution >= 4 is 44.8 Å². The Hall–Kier alpha value is -0.580. The summed E-state index contributed by atoms with van der Waals surface area (Å²) in [5, 5.41) is 0. The molecule has 0 spiro atoms. The summed E-state index contributed by atoms with van der Waals surface area (Å²) in [5.74, 6) is 1.65. The number of thioether (sulfide) groups is 1. The predicted octanol–water partition coefficient (Wildman–Crippen LogP) is 4.94. The molecule has 0 saturated carbocycles. The zero-order valence-electron chi connectivity index (χ0n) is 9.98. The lowest BCUT2D eigenvalue weighted by atomic mass is 10.1. The summed E-state index contributed by atoms with van der Waals surface area (Å²) in [6, 6.07) is 12.1. The molecule has 1 nitrogen and oxygen atoms in total. The van der Waals surface area contributed by atoms with Crippen molar-refractivity contribution in [3.63, 3.8) is 0 Å². The van der Waals surface area contributed by atoms with E-state index in [0.29, 0.717) is 5.75 Å². The van der Waals surface area contributed by atoms with E-state index in [-0.39, 0.29) is 5.78 Å². The van der Waals surface area contributed by atoms with Crippen LogP contribution >= 0.6 is 39.0 Å². The quantitative estimate of drug-likeness (QED) is 0.717. The normalized spacial score (nSPS) is 10.6. The van der Waals surface area contributed by atoms with E-state index >= 15 is 0 Å². The molecule has 1 aromatic carbocycles. The van der Waals surface area contributed by atoms with Gasteiger partial charge in [-0.05, 0) is 46.1 Å². The van der Waals surface area contributed by atoms with E-state index in [9.17, 15) is 4.79 Å². The minimum atomic E-state index is 0.212. The maximum absolute atomic E-state index is 11.9. The van der Waals surface area contributed by atoms with Gasteiger partial charge in [-0.15, -0.1) is 23.1 Å². The standard InChI is InChI=1S/C14H13BrOS2/c1-10-4-2-3-5-11(10)8-17-9-12(16)13-6-7-14(15)18-13/h2-7H,8-9H2,1H3. The molecule has 0 aliphatic rings. The molecule has 0 aliphatic heterocycles. The van der Waals surface area contributed by atoms with Crippen LogP contribution in [0.4, 0.5) is 0 Å². The van der Waals surface area contributed by atoms with E-state index in [1.807, 2.05) is 24.3 Å². The molecule has 0 unspecified atom stereocenters. The van der Waals surface area contributed by atoms with Crippen LogP contribution in [0.3, 0.4) is 0 Å². The van der Waals surface area contributed by atoms with E-state index in [1.165, 1.54) is 22.5 Å². The Kier molecular flexibility index (Phi) is 5.03. The molecule has 0 fully saturated rings. The van der Waals surface area contributed by atoms with Crippen molar-refractivity contribution in [3.05, 3.63) is 56.2 Å². The fourth-order valence-corrected chi connectivity index (χ4v) is 3.96. The lowest BCUT2D eigenvalue weighted by Crippen LogP contribution is -2.00. The summed E-state index contributed by atoms with van der Waals surface area (Å²) in [4.78, 5) is 12.7. The minimum absolute atomic E-state index is 0.212. The molecule has 4 heteroatoms. The Morgan fingerprint density at radius 3 is 2.72 bits per heavy atom. The Bertz CT molecular complexity index is 548. The van der Waals surface area contributed by atoms with Gasteiger partial charge in [0.1, 0.15) is 0 Å². The monoisotopic (exact) mass is 340 g/mol. The van der Waals surface area contributed by atoms with Crippen LogP contribution in [0.5, 0.6) is 0 Å². The van der Waals surface area contributed by atoms with Crippen LogP contribution in [0, 0.1) is 6.92 Å². The maximum atomic E-state index is 11.9. The number of carbonyl (C=O) groups is 1. The highest BCUT2D eigenvalue weighted by molar-refractivity contribution is 9.11. The summed E-state index contributed by atoms with van der Waals surface area (Å²) in [7, 11) is 0. The molecule has 1 heterocycles. The Balaban J connectivity index is 1.86. The summed E-state index contributed by atoms with van der Waals surface area (Å²) < 4.78 is 1.01. The lowest BCUT2D eigenvalue weighted by Gasteiger charge is -2.04. The molecule has 2 rings (SSSR count). The van der Waals surface area contributed by atoms with E-state index < -0.39 is 0 Å². The molecule has 18 heavy (non-hydrogen) atoms. The van der Waals surface area contributed by atoms with Crippen LogP contribution in [0.2, 0.25) is 0 Å². The fraction of sp³-hybridized carbons (Fsp3) is 0.214. The van der Waals surface area contributed by atoms with Crippen molar-refractivity contribution < 1.29 is 4.79 Å². The minimum Gasteiger partial charge on any atom is -0.292 e. The highest BCUT2D eigenvalue weighted by Gasteiger charge is 2.08. The molecule has 1 aromatic heterocycles. The van der Waals surface area contributed by atoms with Gasteiger partial charge >= 0.3 is 0 Å². The first-order valence-corrected chi connectivity index (χ1v) is 8.34. The van der Waals surface area contributed by atoms with Gasteiger partial charge in [-0.1, -0.05) is 24.3 Å². The summed E-state index contributed by atoms with van der Waals surface area (Å²) >= 11 is 6.55. The molecule has 0 radical (unpaired) electrons. The van der Waals surface area contributed by atoms with Crippen LogP contribution in [-0.4, -0.2) is 11.5 Å². The third-order valence-electron chi connectivity index (χ3n) is 2.60. The van der Waals surface area contributed by atoms with Crippen molar-refractivity contribution in [1.82, 2.24) is 0 Å². The topological polar surface area (TPSA) is 17.1 Å². The number of hydrogen-bond acceptors (Lipinski definition) is 3. The fourth-order valence-electron chi connectivity index (χ4n) is 1.56. The average Bonchev–Trinajstić information content (AvgIpc) is 2.78. The number of halogens is 1. The number of ketones is 1. The third kappa shape index (κ3) is 3.70. The maximum Gasteiger partial charge on any atom is 0.182 e. The number of carbonyl (C=O) groups excluding carboxylic acids is 1. The highest BCUT2D eigenvalue weighted by atomic mass is 79.9. The second kappa shape index (κ2) is 6.55. The zero-order valence-corrected chi connectivity index (χ0v) is 13.2. The molecule has 0 saturated heterocycles. The average molecular weight is 341 g/mol. The number of aryl methyl sites for hydroxylation is 1. The van der Waals surface area contributed by atoms with Crippen molar-refractivity contribution in [2.45, 2.75) is 12.7 Å². The smallest absolute Gasteiger partial charge is 0.182 e. The van der Waals surface area contributed by atoms with Gasteiger partial charge in [0.25, 0.3) is 0 Å². The van der Waals surface area contributed by atoms with Gasteiger partial charge in [0.15, 0.2) is 5.78 Å². The van der Waals surface area contributed by atoms with Gasteiger partial charge in [-0.25, -0.2) is 0 Å². The van der Waals surface area contributed by atoms with E-state index in [2.05, 4.69) is 35.0 Å². The molecular formula is C14H13BrOS2. The Morgan fingerprint density at radius 1 is 1.28 bits per heavy atom. The van der Waals surface area contributed by atoms with Crippen LogP contribution < -0.4 is 0 Å². The SMILES string of the molecule is Cc1ccccc1CSCC(=O)c1ccc(Br)s1. The Labute approximate surface area is 124 Å². The van der Waals surface area contributed by atoms with Gasteiger partial charge in [0.2, 0.25) is 0 Å². The van der Waals surface area contributed by atoms with Gasteiger partial charge in [-0.2, -0.15) is 0 Å². The van der Waals surface area contributed by atoms with Crippen LogP contribution in [0.25, 0.3) is 0 Å². The van der Waals surface area contributed by atoms with Crippen molar-refractivity contribution in [1.29, 1.82) is 0 Å². The molecule has 0 aliphatic carbocycles. The summed E-state index contributed by atoms with van der Waals surface area (Å²) in [6.45, 7) is 2.11. The number of thiophene rings is 1. The Morgan fingerprint density at radius 2 is 2.06 bits per heavy atom. The molecule has 0 N–H and O–H groups in total. The summed E-state index contributed by atoms with van der Waals surface area (Å²) in [5.41, 5.74) is 2.60. The van der Waals surface area contributed by atoms with Crippen LogP contribution in [0.1, 0.15) is 20.8 Å². The zero-order chi connectivity index (χ0) is 13.0. The molecule has 2 aromatic rings. The second-order valence-electron chi connectivity index (χ2n) is 3.95. The molecule has 0 amide bonds. The highest BCUT2D eigenvalue weighted by Crippen LogP contribution is 2.24. The van der Waals surface area contributed by atoms with E-state index in [0.717, 1.165) is 14.4 Å².